The maximum absolute atomic E-state index is 5.13. The summed E-state index contributed by atoms with van der Waals surface area (Å²) >= 11 is 1.47. The first-order valence-electron chi connectivity index (χ1n) is 4.07. The minimum absolute atomic E-state index is 0.922. The Kier molecular flexibility index (Phi) is 9.60. The van der Waals surface area contributed by atoms with Gasteiger partial charge in [-0.05, 0) is 18.5 Å². The predicted octanol–water partition coefficient (Wildman–Crippen LogP) is 3.25. The van der Waals surface area contributed by atoms with Gasteiger partial charge in [0.15, 0.2) is 0 Å². The van der Waals surface area contributed by atoms with Gasteiger partial charge >= 0.3 is 0 Å². The Labute approximate surface area is 68.7 Å². The van der Waals surface area contributed by atoms with E-state index in [1.807, 2.05) is 6.26 Å². The standard InChI is InChI=1S/C8H18OS/c1-3-4-5-6-7-8-9-10-2/h3-8H2,1-2H3. The predicted molar refractivity (Wildman–Crippen MR) is 48.2 cm³/mol. The molecule has 0 fully saturated rings. The lowest BCUT2D eigenvalue weighted by atomic mass is 10.2. The van der Waals surface area contributed by atoms with Gasteiger partial charge in [-0.2, -0.15) is 0 Å². The molecule has 0 bridgehead atoms. The lowest BCUT2D eigenvalue weighted by Crippen LogP contribution is -1.85. The van der Waals surface area contributed by atoms with Gasteiger partial charge < -0.3 is 4.18 Å². The Morgan fingerprint density at radius 1 is 1.10 bits per heavy atom. The molecule has 0 unspecified atom stereocenters. The third-order valence-electron chi connectivity index (χ3n) is 1.45. The smallest absolute Gasteiger partial charge is 0.0613 e. The molecule has 0 aliphatic heterocycles. The van der Waals surface area contributed by atoms with E-state index in [0.717, 1.165) is 6.61 Å². The molecule has 0 heterocycles. The van der Waals surface area contributed by atoms with Crippen molar-refractivity contribution in [2.75, 3.05) is 12.9 Å². The van der Waals surface area contributed by atoms with Crippen molar-refractivity contribution in [1.29, 1.82) is 0 Å². The van der Waals surface area contributed by atoms with Crippen LogP contribution in [0.1, 0.15) is 39.0 Å². The van der Waals surface area contributed by atoms with Gasteiger partial charge in [-0.15, -0.1) is 0 Å². The molecular weight excluding hydrogens is 144 g/mol. The first-order valence-corrected chi connectivity index (χ1v) is 5.22. The lowest BCUT2D eigenvalue weighted by molar-refractivity contribution is 0.357. The molecule has 0 aromatic heterocycles. The summed E-state index contributed by atoms with van der Waals surface area (Å²) in [6.07, 6.45) is 8.58. The Bertz CT molecular complexity index is 49.2. The van der Waals surface area contributed by atoms with E-state index in [1.165, 1.54) is 44.1 Å². The second kappa shape index (κ2) is 9.31. The Balaban J connectivity index is 2.65. The molecular formula is C8H18OS. The van der Waals surface area contributed by atoms with Crippen LogP contribution in [0.3, 0.4) is 0 Å². The van der Waals surface area contributed by atoms with Gasteiger partial charge in [-0.3, -0.25) is 0 Å². The fraction of sp³-hybridized carbons (Fsp3) is 1.00. The molecule has 0 atom stereocenters. The minimum atomic E-state index is 0.922. The molecule has 0 radical (unpaired) electrons. The fourth-order valence-corrected chi connectivity index (χ4v) is 1.13. The van der Waals surface area contributed by atoms with E-state index >= 15 is 0 Å². The van der Waals surface area contributed by atoms with Crippen LogP contribution in [0, 0.1) is 0 Å². The molecule has 62 valence electrons. The summed E-state index contributed by atoms with van der Waals surface area (Å²) in [7, 11) is 0. The molecule has 0 saturated carbocycles. The molecule has 0 spiro atoms. The highest BCUT2D eigenvalue weighted by Gasteiger charge is 1.87. The number of rotatable bonds is 7. The van der Waals surface area contributed by atoms with Gasteiger partial charge in [0.2, 0.25) is 0 Å². The third-order valence-corrected chi connectivity index (χ3v) is 1.85. The van der Waals surface area contributed by atoms with Crippen LogP contribution in [-0.2, 0) is 4.18 Å². The number of hydrogen-bond donors (Lipinski definition) is 0. The van der Waals surface area contributed by atoms with Crippen molar-refractivity contribution in [1.82, 2.24) is 0 Å². The number of unbranched alkanes of at least 4 members (excludes halogenated alkanes) is 4. The summed E-state index contributed by atoms with van der Waals surface area (Å²) < 4.78 is 5.13. The average Bonchev–Trinajstić information content (AvgIpc) is 1.97. The second-order valence-corrected chi connectivity index (χ2v) is 2.97. The maximum Gasteiger partial charge on any atom is 0.0613 e. The van der Waals surface area contributed by atoms with Gasteiger partial charge in [0.05, 0.1) is 6.61 Å². The fourth-order valence-electron chi connectivity index (χ4n) is 0.848. The lowest BCUT2D eigenvalue weighted by Gasteiger charge is -1.98. The molecule has 0 aliphatic carbocycles. The molecule has 0 N–H and O–H groups in total. The van der Waals surface area contributed by atoms with E-state index in [2.05, 4.69) is 6.92 Å². The van der Waals surface area contributed by atoms with E-state index in [1.54, 1.807) is 0 Å². The first kappa shape index (κ1) is 10.3. The van der Waals surface area contributed by atoms with Crippen LogP contribution in [0.15, 0.2) is 0 Å². The zero-order chi connectivity index (χ0) is 7.66. The molecule has 10 heavy (non-hydrogen) atoms. The maximum atomic E-state index is 5.13. The average molecular weight is 162 g/mol. The van der Waals surface area contributed by atoms with Crippen molar-refractivity contribution < 1.29 is 4.18 Å². The van der Waals surface area contributed by atoms with Gasteiger partial charge in [0, 0.05) is 6.26 Å². The third kappa shape index (κ3) is 8.31. The highest BCUT2D eigenvalue weighted by Crippen LogP contribution is 2.04. The van der Waals surface area contributed by atoms with Crippen LogP contribution in [0.2, 0.25) is 0 Å². The Morgan fingerprint density at radius 2 is 1.80 bits per heavy atom. The highest BCUT2D eigenvalue weighted by molar-refractivity contribution is 7.93. The highest BCUT2D eigenvalue weighted by atomic mass is 32.2. The van der Waals surface area contributed by atoms with E-state index in [-0.39, 0.29) is 0 Å². The minimum Gasteiger partial charge on any atom is -0.316 e. The monoisotopic (exact) mass is 162 g/mol. The second-order valence-electron chi connectivity index (χ2n) is 2.40. The van der Waals surface area contributed by atoms with E-state index in [0.29, 0.717) is 0 Å². The van der Waals surface area contributed by atoms with Gasteiger partial charge in [-0.25, -0.2) is 0 Å². The zero-order valence-corrected chi connectivity index (χ0v) is 7.88. The molecule has 0 aromatic rings. The Morgan fingerprint density at radius 3 is 2.40 bits per heavy atom. The number of hydrogen-bond acceptors (Lipinski definition) is 2. The molecule has 0 saturated heterocycles. The topological polar surface area (TPSA) is 9.23 Å². The molecule has 0 rings (SSSR count). The molecule has 1 nitrogen and oxygen atoms in total. The molecule has 0 amide bonds. The van der Waals surface area contributed by atoms with E-state index in [4.69, 9.17) is 4.18 Å². The van der Waals surface area contributed by atoms with Crippen LogP contribution < -0.4 is 0 Å². The van der Waals surface area contributed by atoms with Gasteiger partial charge in [-0.1, -0.05) is 32.6 Å². The summed E-state index contributed by atoms with van der Waals surface area (Å²) in [5.41, 5.74) is 0. The van der Waals surface area contributed by atoms with Crippen molar-refractivity contribution in [3.63, 3.8) is 0 Å². The largest absolute Gasteiger partial charge is 0.316 e. The van der Waals surface area contributed by atoms with Crippen molar-refractivity contribution in [2.45, 2.75) is 39.0 Å². The summed E-state index contributed by atoms with van der Waals surface area (Å²) in [4.78, 5) is 0. The quantitative estimate of drug-likeness (QED) is 0.420. The van der Waals surface area contributed by atoms with Gasteiger partial charge in [0.25, 0.3) is 0 Å². The van der Waals surface area contributed by atoms with Crippen LogP contribution >= 0.6 is 12.0 Å². The summed E-state index contributed by atoms with van der Waals surface area (Å²) in [6, 6.07) is 0. The van der Waals surface area contributed by atoms with E-state index in [9.17, 15) is 0 Å². The zero-order valence-electron chi connectivity index (χ0n) is 7.06. The van der Waals surface area contributed by atoms with Crippen molar-refractivity contribution in [3.8, 4) is 0 Å². The summed E-state index contributed by atoms with van der Waals surface area (Å²) in [6.45, 7) is 3.16. The van der Waals surface area contributed by atoms with Crippen molar-refractivity contribution in [2.24, 2.45) is 0 Å². The normalized spacial score (nSPS) is 10.2. The molecule has 0 aromatic carbocycles. The van der Waals surface area contributed by atoms with Crippen LogP contribution in [0.4, 0.5) is 0 Å². The first-order chi connectivity index (χ1) is 4.91. The van der Waals surface area contributed by atoms with Crippen molar-refractivity contribution >= 4 is 12.0 Å². The van der Waals surface area contributed by atoms with Crippen molar-refractivity contribution in [3.05, 3.63) is 0 Å². The Hall–Kier alpha value is 0.310. The van der Waals surface area contributed by atoms with E-state index < -0.39 is 0 Å². The van der Waals surface area contributed by atoms with Crippen LogP contribution in [0.5, 0.6) is 0 Å². The molecule has 0 aliphatic rings. The SMILES string of the molecule is CCCCCCCOSC. The summed E-state index contributed by atoms with van der Waals surface area (Å²) in [5.74, 6) is 0. The molecule has 2 heteroatoms. The van der Waals surface area contributed by atoms with Crippen LogP contribution in [-0.4, -0.2) is 12.9 Å². The van der Waals surface area contributed by atoms with Crippen LogP contribution in [0.25, 0.3) is 0 Å². The summed E-state index contributed by atoms with van der Waals surface area (Å²) in [5, 5.41) is 0. The van der Waals surface area contributed by atoms with Gasteiger partial charge in [0.1, 0.15) is 0 Å².